The van der Waals surface area contributed by atoms with Crippen molar-refractivity contribution < 1.29 is 14.3 Å². The number of nitrogens with zero attached hydrogens (tertiary/aromatic N) is 1. The van der Waals surface area contributed by atoms with E-state index in [0.29, 0.717) is 18.7 Å². The van der Waals surface area contributed by atoms with Gasteiger partial charge in [0.25, 0.3) is 11.7 Å². The number of benzene rings is 1. The molecule has 0 aromatic heterocycles. The predicted molar refractivity (Wildman–Crippen MR) is 64.2 cm³/mol. The highest BCUT2D eigenvalue weighted by molar-refractivity contribution is 6.52. The fourth-order valence-corrected chi connectivity index (χ4v) is 1.99. The molecular formula is C13H15NO3. The Balaban J connectivity index is 2.08. The maximum Gasteiger partial charge on any atom is 0.299 e. The molecule has 0 radical (unpaired) electrons. The van der Waals surface area contributed by atoms with Crippen LogP contribution >= 0.6 is 0 Å². The Morgan fingerprint density at radius 3 is 2.71 bits per heavy atom. The van der Waals surface area contributed by atoms with Crippen LogP contribution in [0.15, 0.2) is 24.3 Å². The van der Waals surface area contributed by atoms with E-state index >= 15 is 0 Å². The van der Waals surface area contributed by atoms with Crippen LogP contribution in [0.2, 0.25) is 0 Å². The number of carbonyl (C=O) groups excluding carboxylic acids is 2. The number of Topliss-reactive ketones (excluding diaryl/α,β-unsaturated/α-hetero) is 1. The molecule has 0 bridgehead atoms. The summed E-state index contributed by atoms with van der Waals surface area (Å²) in [6, 6.07) is 7.13. The highest BCUT2D eigenvalue weighted by Gasteiger charge is 2.34. The average molecular weight is 233 g/mol. The molecule has 0 fully saturated rings. The number of carbonyl (C=O) groups is 2. The van der Waals surface area contributed by atoms with Gasteiger partial charge in [-0.05, 0) is 25.0 Å². The molecule has 1 aliphatic heterocycles. The number of rotatable bonds is 5. The molecule has 0 saturated carbocycles. The van der Waals surface area contributed by atoms with Crippen molar-refractivity contribution in [3.8, 4) is 0 Å². The van der Waals surface area contributed by atoms with Crippen molar-refractivity contribution in [3.63, 3.8) is 0 Å². The fourth-order valence-electron chi connectivity index (χ4n) is 1.99. The van der Waals surface area contributed by atoms with Crippen LogP contribution in [0.1, 0.15) is 23.2 Å². The van der Waals surface area contributed by atoms with Crippen molar-refractivity contribution in [1.29, 1.82) is 0 Å². The number of ketones is 1. The molecule has 1 aromatic carbocycles. The first-order chi connectivity index (χ1) is 8.25. The molecule has 17 heavy (non-hydrogen) atoms. The Hall–Kier alpha value is -1.68. The second kappa shape index (κ2) is 5.10. The van der Waals surface area contributed by atoms with Gasteiger partial charge in [0.1, 0.15) is 0 Å². The summed E-state index contributed by atoms with van der Waals surface area (Å²) < 4.78 is 4.95. The lowest BCUT2D eigenvalue weighted by atomic mass is 10.1. The van der Waals surface area contributed by atoms with E-state index in [4.69, 9.17) is 4.74 Å². The second-order valence-corrected chi connectivity index (χ2v) is 4.00. The summed E-state index contributed by atoms with van der Waals surface area (Å²) in [6.45, 7) is 1.25. The van der Waals surface area contributed by atoms with Crippen LogP contribution in [-0.4, -0.2) is 32.0 Å². The first-order valence-corrected chi connectivity index (χ1v) is 5.70. The Labute approximate surface area is 100 Å². The molecule has 4 heteroatoms. The second-order valence-electron chi connectivity index (χ2n) is 4.00. The molecule has 0 spiro atoms. The summed E-state index contributed by atoms with van der Waals surface area (Å²) in [5.74, 6) is -0.809. The lowest BCUT2D eigenvalue weighted by Gasteiger charge is -2.15. The van der Waals surface area contributed by atoms with E-state index in [-0.39, 0.29) is 0 Å². The number of unbranched alkanes of at least 4 members (excludes halogenated alkanes) is 1. The van der Waals surface area contributed by atoms with Gasteiger partial charge in [-0.25, -0.2) is 0 Å². The molecule has 2 rings (SSSR count). The van der Waals surface area contributed by atoms with E-state index in [1.54, 1.807) is 24.1 Å². The summed E-state index contributed by atoms with van der Waals surface area (Å²) in [4.78, 5) is 25.0. The van der Waals surface area contributed by atoms with Gasteiger partial charge in [0, 0.05) is 20.3 Å². The number of fused-ring (bicyclic) bond motifs is 1. The highest BCUT2D eigenvalue weighted by Crippen LogP contribution is 2.28. The first kappa shape index (κ1) is 11.8. The van der Waals surface area contributed by atoms with Crippen LogP contribution in [0.4, 0.5) is 5.69 Å². The van der Waals surface area contributed by atoms with E-state index in [0.717, 1.165) is 18.5 Å². The zero-order valence-electron chi connectivity index (χ0n) is 9.81. The smallest absolute Gasteiger partial charge is 0.299 e. The van der Waals surface area contributed by atoms with Crippen LogP contribution in [-0.2, 0) is 9.53 Å². The molecule has 0 atom stereocenters. The van der Waals surface area contributed by atoms with Gasteiger partial charge in [-0.15, -0.1) is 0 Å². The Morgan fingerprint density at radius 2 is 1.94 bits per heavy atom. The molecule has 1 aliphatic rings. The average Bonchev–Trinajstić information content (AvgIpc) is 2.60. The molecule has 1 aromatic rings. The lowest BCUT2D eigenvalue weighted by Crippen LogP contribution is -2.30. The van der Waals surface area contributed by atoms with Crippen LogP contribution in [0.25, 0.3) is 0 Å². The van der Waals surface area contributed by atoms with E-state index in [1.165, 1.54) is 0 Å². The molecule has 4 nitrogen and oxygen atoms in total. The van der Waals surface area contributed by atoms with Crippen LogP contribution < -0.4 is 4.90 Å². The number of hydrogen-bond donors (Lipinski definition) is 0. The summed E-state index contributed by atoms with van der Waals surface area (Å²) >= 11 is 0. The topological polar surface area (TPSA) is 46.6 Å². The molecular weight excluding hydrogens is 218 g/mol. The normalized spacial score (nSPS) is 14.3. The minimum Gasteiger partial charge on any atom is -0.385 e. The zero-order valence-corrected chi connectivity index (χ0v) is 9.81. The molecule has 1 heterocycles. The first-order valence-electron chi connectivity index (χ1n) is 5.70. The van der Waals surface area contributed by atoms with E-state index in [2.05, 4.69) is 0 Å². The van der Waals surface area contributed by atoms with Crippen LogP contribution in [0.5, 0.6) is 0 Å². The number of ether oxygens (including phenoxy) is 1. The molecule has 0 unspecified atom stereocenters. The van der Waals surface area contributed by atoms with Crippen molar-refractivity contribution >= 4 is 17.4 Å². The fraction of sp³-hybridized carbons (Fsp3) is 0.385. The largest absolute Gasteiger partial charge is 0.385 e. The van der Waals surface area contributed by atoms with Crippen molar-refractivity contribution in [2.45, 2.75) is 12.8 Å². The number of amides is 1. The quantitative estimate of drug-likeness (QED) is 0.573. The Kier molecular flexibility index (Phi) is 3.54. The third-order valence-electron chi connectivity index (χ3n) is 2.86. The standard InChI is InChI=1S/C13H15NO3/c1-17-9-5-4-8-14-11-7-3-2-6-10(11)12(15)13(14)16/h2-3,6-7H,4-5,8-9H2,1H3. The van der Waals surface area contributed by atoms with Crippen molar-refractivity contribution in [3.05, 3.63) is 29.8 Å². The van der Waals surface area contributed by atoms with Gasteiger partial charge in [-0.2, -0.15) is 0 Å². The summed E-state index contributed by atoms with van der Waals surface area (Å²) in [5, 5.41) is 0. The minimum absolute atomic E-state index is 0.396. The maximum absolute atomic E-state index is 11.8. The summed E-state index contributed by atoms with van der Waals surface area (Å²) in [5.41, 5.74) is 1.25. The molecule has 0 N–H and O–H groups in total. The van der Waals surface area contributed by atoms with E-state index in [1.807, 2.05) is 12.1 Å². The van der Waals surface area contributed by atoms with Gasteiger partial charge in [0.15, 0.2) is 0 Å². The van der Waals surface area contributed by atoms with Gasteiger partial charge in [-0.3, -0.25) is 9.59 Å². The Bertz CT molecular complexity index is 442. The van der Waals surface area contributed by atoms with Crippen molar-refractivity contribution in [2.75, 3.05) is 25.2 Å². The van der Waals surface area contributed by atoms with Gasteiger partial charge < -0.3 is 9.64 Å². The monoisotopic (exact) mass is 233 g/mol. The van der Waals surface area contributed by atoms with E-state index < -0.39 is 11.7 Å². The predicted octanol–water partition coefficient (Wildman–Crippen LogP) is 1.64. The molecule has 0 aliphatic carbocycles. The van der Waals surface area contributed by atoms with Crippen molar-refractivity contribution in [1.82, 2.24) is 0 Å². The summed E-state index contributed by atoms with van der Waals surface area (Å²) in [6.07, 6.45) is 1.72. The number of anilines is 1. The number of methoxy groups -OCH3 is 1. The lowest BCUT2D eigenvalue weighted by molar-refractivity contribution is -0.114. The minimum atomic E-state index is -0.413. The van der Waals surface area contributed by atoms with E-state index in [9.17, 15) is 9.59 Å². The SMILES string of the molecule is COCCCCN1C(=O)C(=O)c2ccccc21. The highest BCUT2D eigenvalue weighted by atomic mass is 16.5. The number of hydrogen-bond acceptors (Lipinski definition) is 3. The number of para-hydroxylation sites is 1. The van der Waals surface area contributed by atoms with Gasteiger partial charge >= 0.3 is 0 Å². The van der Waals surface area contributed by atoms with Gasteiger partial charge in [0.2, 0.25) is 0 Å². The van der Waals surface area contributed by atoms with Crippen molar-refractivity contribution in [2.24, 2.45) is 0 Å². The Morgan fingerprint density at radius 1 is 1.18 bits per heavy atom. The summed E-state index contributed by atoms with van der Waals surface area (Å²) in [7, 11) is 1.65. The zero-order chi connectivity index (χ0) is 12.3. The molecule has 1 amide bonds. The van der Waals surface area contributed by atoms with Gasteiger partial charge in [0.05, 0.1) is 11.3 Å². The van der Waals surface area contributed by atoms with Crippen LogP contribution in [0.3, 0.4) is 0 Å². The molecule has 90 valence electrons. The third-order valence-corrected chi connectivity index (χ3v) is 2.86. The third kappa shape index (κ3) is 2.22. The maximum atomic E-state index is 11.8. The van der Waals surface area contributed by atoms with Crippen LogP contribution in [0, 0.1) is 0 Å². The molecule has 0 saturated heterocycles. The van der Waals surface area contributed by atoms with Gasteiger partial charge in [-0.1, -0.05) is 12.1 Å².